The van der Waals surface area contributed by atoms with Gasteiger partial charge < -0.3 is 0 Å². The molecule has 0 aliphatic heterocycles. The zero-order valence-electron chi connectivity index (χ0n) is 6.49. The van der Waals surface area contributed by atoms with E-state index in [4.69, 9.17) is 0 Å². The minimum absolute atomic E-state index is 1.83. The summed E-state index contributed by atoms with van der Waals surface area (Å²) in [5.74, 6) is -6.62. The van der Waals surface area contributed by atoms with E-state index in [0.717, 1.165) is 0 Å². The number of alkyl halides is 8. The molecule has 0 aliphatic rings. The van der Waals surface area contributed by atoms with Crippen molar-refractivity contribution in [2.75, 3.05) is 0 Å². The Morgan fingerprint density at radius 3 is 0.800 bits per heavy atom. The summed E-state index contributed by atoms with van der Waals surface area (Å²) in [5.41, 5.74) is 0. The molecule has 0 aromatic carbocycles. The summed E-state index contributed by atoms with van der Waals surface area (Å²) in [6.45, 7) is 2.22. The molecule has 0 saturated heterocycles. The molecule has 0 unspecified atom stereocenters. The summed E-state index contributed by atoms with van der Waals surface area (Å²) in [7, 11) is 0. The van der Waals surface area contributed by atoms with Crippen molar-refractivity contribution in [1.82, 2.24) is 0 Å². The van der Waals surface area contributed by atoms with Crippen LogP contribution in [0.1, 0.15) is 0 Å². The van der Waals surface area contributed by atoms with Crippen LogP contribution in [0.2, 0.25) is 0 Å². The maximum atomic E-state index is 11.2. The Bertz CT molecular complexity index is 187. The normalized spacial score (nSPS) is 12.9. The SMILES string of the molecule is C=C(F)F.FC(F)(F)C(F)(F)C(F)(F)F. The lowest BCUT2D eigenvalue weighted by atomic mass is 10.3. The lowest BCUT2D eigenvalue weighted by Crippen LogP contribution is -2.49. The molecule has 0 saturated carbocycles. The molecule has 92 valence electrons. The summed E-state index contributed by atoms with van der Waals surface area (Å²) >= 11 is 0. The molecule has 0 rings (SSSR count). The van der Waals surface area contributed by atoms with E-state index in [0.29, 0.717) is 0 Å². The maximum Gasteiger partial charge on any atom is 0.463 e. The van der Waals surface area contributed by atoms with Crippen LogP contribution in [0.4, 0.5) is 43.9 Å². The second kappa shape index (κ2) is 4.71. The van der Waals surface area contributed by atoms with Gasteiger partial charge in [0.05, 0.1) is 0 Å². The Labute approximate surface area is 76.2 Å². The van der Waals surface area contributed by atoms with E-state index in [9.17, 15) is 43.9 Å². The van der Waals surface area contributed by atoms with Gasteiger partial charge in [-0.2, -0.15) is 43.9 Å². The molecule has 0 N–H and O–H groups in total. The van der Waals surface area contributed by atoms with E-state index in [2.05, 4.69) is 6.58 Å². The van der Waals surface area contributed by atoms with Gasteiger partial charge in [-0.05, 0) is 6.58 Å². The van der Waals surface area contributed by atoms with Crippen LogP contribution in [0, 0.1) is 0 Å². The quantitative estimate of drug-likeness (QED) is 0.568. The topological polar surface area (TPSA) is 0 Å². The number of rotatable bonds is 0. The molecule has 0 fully saturated rings. The van der Waals surface area contributed by atoms with Crippen molar-refractivity contribution in [1.29, 1.82) is 0 Å². The average molecular weight is 252 g/mol. The van der Waals surface area contributed by atoms with Crippen molar-refractivity contribution in [3.63, 3.8) is 0 Å². The number of hydrogen-bond acceptors (Lipinski definition) is 0. The first-order valence-electron chi connectivity index (χ1n) is 2.74. The molecule has 15 heavy (non-hydrogen) atoms. The van der Waals surface area contributed by atoms with Crippen LogP contribution < -0.4 is 0 Å². The van der Waals surface area contributed by atoms with Gasteiger partial charge in [0.1, 0.15) is 0 Å². The molecular formula is C5H2F10. The van der Waals surface area contributed by atoms with Crippen LogP contribution in [-0.2, 0) is 0 Å². The van der Waals surface area contributed by atoms with Crippen LogP contribution in [0.15, 0.2) is 12.7 Å². The molecule has 10 heteroatoms. The minimum Gasteiger partial charge on any atom is -0.186 e. The summed E-state index contributed by atoms with van der Waals surface area (Å²) in [6, 6.07) is 0. The molecule has 0 radical (unpaired) electrons. The van der Waals surface area contributed by atoms with Crippen LogP contribution in [0.5, 0.6) is 0 Å². The Morgan fingerprint density at radius 2 is 0.800 bits per heavy atom. The molecule has 0 bridgehead atoms. The molecule has 0 aromatic rings. The van der Waals surface area contributed by atoms with Crippen LogP contribution in [-0.4, -0.2) is 18.3 Å². The third-order valence-electron chi connectivity index (χ3n) is 0.712. The van der Waals surface area contributed by atoms with E-state index < -0.39 is 24.4 Å². The van der Waals surface area contributed by atoms with Crippen molar-refractivity contribution in [3.8, 4) is 0 Å². The zero-order valence-corrected chi connectivity index (χ0v) is 6.49. The predicted molar refractivity (Wildman–Crippen MR) is 28.4 cm³/mol. The lowest BCUT2D eigenvalue weighted by molar-refractivity contribution is -0.389. The first-order valence-corrected chi connectivity index (χ1v) is 2.74. The van der Waals surface area contributed by atoms with Crippen molar-refractivity contribution < 1.29 is 43.9 Å². The van der Waals surface area contributed by atoms with Crippen LogP contribution in [0.3, 0.4) is 0 Å². The highest BCUT2D eigenvalue weighted by atomic mass is 19.5. The van der Waals surface area contributed by atoms with Gasteiger partial charge >= 0.3 is 18.3 Å². The standard InChI is InChI=1S/C3F8.C2H2F2/c4-1(5,2(6,7)8)3(9,10)11;1-2(3)4/h;1H2. The fraction of sp³-hybridized carbons (Fsp3) is 0.600. The third-order valence-corrected chi connectivity index (χ3v) is 0.712. The highest BCUT2D eigenvalue weighted by molar-refractivity contribution is 4.83. The lowest BCUT2D eigenvalue weighted by Gasteiger charge is -2.21. The summed E-state index contributed by atoms with van der Waals surface area (Å²) in [5, 5.41) is 0. The van der Waals surface area contributed by atoms with Crippen LogP contribution >= 0.6 is 0 Å². The van der Waals surface area contributed by atoms with Crippen molar-refractivity contribution in [2.24, 2.45) is 0 Å². The third kappa shape index (κ3) is 5.47. The second-order valence-electron chi connectivity index (χ2n) is 1.91. The van der Waals surface area contributed by atoms with Gasteiger partial charge in [-0.3, -0.25) is 0 Å². The van der Waals surface area contributed by atoms with E-state index in [1.54, 1.807) is 0 Å². The summed E-state index contributed by atoms with van der Waals surface area (Å²) < 4.78 is 108. The smallest absolute Gasteiger partial charge is 0.186 e. The Hall–Kier alpha value is -0.960. The van der Waals surface area contributed by atoms with Gasteiger partial charge in [0, 0.05) is 0 Å². The Balaban J connectivity index is 0. The Morgan fingerprint density at radius 1 is 0.667 bits per heavy atom. The molecule has 0 atom stereocenters. The highest BCUT2D eigenvalue weighted by Gasteiger charge is 2.74. The van der Waals surface area contributed by atoms with E-state index in [1.807, 2.05) is 0 Å². The fourth-order valence-electron chi connectivity index (χ4n) is 0.161. The van der Waals surface area contributed by atoms with Gasteiger partial charge in [-0.15, -0.1) is 0 Å². The minimum atomic E-state index is -6.62. The van der Waals surface area contributed by atoms with Gasteiger partial charge in [0.15, 0.2) is 0 Å². The molecule has 0 aliphatic carbocycles. The van der Waals surface area contributed by atoms with Gasteiger partial charge in [0.25, 0.3) is 6.08 Å². The van der Waals surface area contributed by atoms with Crippen molar-refractivity contribution >= 4 is 0 Å². The van der Waals surface area contributed by atoms with Crippen molar-refractivity contribution in [2.45, 2.75) is 18.3 Å². The molecule has 0 aromatic heterocycles. The molecular weight excluding hydrogens is 250 g/mol. The summed E-state index contributed by atoms with van der Waals surface area (Å²) in [6.07, 6.45) is -15.0. The molecule has 0 amide bonds. The van der Waals surface area contributed by atoms with Gasteiger partial charge in [0.2, 0.25) is 0 Å². The maximum absolute atomic E-state index is 11.2. The molecule has 0 spiro atoms. The van der Waals surface area contributed by atoms with Gasteiger partial charge in [-0.25, -0.2) is 0 Å². The fourth-order valence-corrected chi connectivity index (χ4v) is 0.161. The number of hydrogen-bond donors (Lipinski definition) is 0. The Kier molecular flexibility index (Phi) is 5.17. The van der Waals surface area contributed by atoms with Gasteiger partial charge in [-0.1, -0.05) is 0 Å². The monoisotopic (exact) mass is 252 g/mol. The molecule has 0 nitrogen and oxygen atoms in total. The molecule has 0 heterocycles. The highest BCUT2D eigenvalue weighted by Crippen LogP contribution is 2.46. The average Bonchev–Trinajstić information content (AvgIpc) is 1.79. The predicted octanol–water partition coefficient (Wildman–Crippen LogP) is 4.14. The second-order valence-corrected chi connectivity index (χ2v) is 1.91. The van der Waals surface area contributed by atoms with Crippen LogP contribution in [0.25, 0.3) is 0 Å². The van der Waals surface area contributed by atoms with Crippen molar-refractivity contribution in [3.05, 3.63) is 12.7 Å². The van der Waals surface area contributed by atoms with E-state index >= 15 is 0 Å². The number of halogens is 10. The van der Waals surface area contributed by atoms with E-state index in [-0.39, 0.29) is 0 Å². The zero-order chi connectivity index (χ0) is 13.1. The largest absolute Gasteiger partial charge is 0.463 e. The summed E-state index contributed by atoms with van der Waals surface area (Å²) in [4.78, 5) is 0. The first kappa shape index (κ1) is 16.5. The van der Waals surface area contributed by atoms with E-state index in [1.165, 1.54) is 0 Å². The first-order chi connectivity index (χ1) is 6.23.